The van der Waals surface area contributed by atoms with E-state index in [0.717, 1.165) is 52.2 Å². The maximum Gasteiger partial charge on any atom is 0.228 e. The number of aryl methyl sites for hydroxylation is 1. The van der Waals surface area contributed by atoms with Gasteiger partial charge in [-0.2, -0.15) is 0 Å². The van der Waals surface area contributed by atoms with Crippen LogP contribution in [0.25, 0.3) is 0 Å². The molecular formula is C22H31N3O3. The van der Waals surface area contributed by atoms with E-state index in [2.05, 4.69) is 30.0 Å². The van der Waals surface area contributed by atoms with Crippen LogP contribution in [-0.4, -0.2) is 79.0 Å². The Balaban J connectivity index is 1.36. The molecule has 1 aromatic rings. The lowest BCUT2D eigenvalue weighted by molar-refractivity contribution is -0.136. The van der Waals surface area contributed by atoms with E-state index in [0.29, 0.717) is 19.5 Å². The number of hydrogen-bond acceptors (Lipinski definition) is 4. The van der Waals surface area contributed by atoms with E-state index in [1.54, 1.807) is 0 Å². The minimum atomic E-state index is -0.193. The Labute approximate surface area is 167 Å². The summed E-state index contributed by atoms with van der Waals surface area (Å²) in [6, 6.07) is 8.51. The van der Waals surface area contributed by atoms with Crippen molar-refractivity contribution in [1.82, 2.24) is 14.7 Å². The third-order valence-electron chi connectivity index (χ3n) is 6.44. The average Bonchev–Trinajstić information content (AvgIpc) is 3.34. The lowest BCUT2D eigenvalue weighted by Crippen LogP contribution is -2.42. The van der Waals surface area contributed by atoms with Crippen LogP contribution in [-0.2, 0) is 14.3 Å². The van der Waals surface area contributed by atoms with Gasteiger partial charge in [0.1, 0.15) is 0 Å². The molecule has 2 atom stereocenters. The number of amides is 2. The van der Waals surface area contributed by atoms with Crippen molar-refractivity contribution in [3.05, 3.63) is 35.4 Å². The number of carbonyl (C=O) groups is 2. The largest absolute Gasteiger partial charge is 0.379 e. The van der Waals surface area contributed by atoms with Crippen molar-refractivity contribution < 1.29 is 14.3 Å². The molecule has 0 aromatic heterocycles. The fraction of sp³-hybridized carbons (Fsp3) is 0.636. The molecule has 0 spiro atoms. The minimum Gasteiger partial charge on any atom is -0.379 e. The molecule has 3 aliphatic rings. The third-order valence-corrected chi connectivity index (χ3v) is 6.44. The molecule has 6 heteroatoms. The first-order chi connectivity index (χ1) is 13.6. The molecule has 0 aliphatic carbocycles. The van der Waals surface area contributed by atoms with Gasteiger partial charge in [-0.15, -0.1) is 0 Å². The lowest BCUT2D eigenvalue weighted by atomic mass is 9.98. The smallest absolute Gasteiger partial charge is 0.228 e. The Morgan fingerprint density at radius 3 is 2.71 bits per heavy atom. The predicted octanol–water partition coefficient (Wildman–Crippen LogP) is 1.84. The zero-order valence-electron chi connectivity index (χ0n) is 16.8. The molecule has 0 bridgehead atoms. The third kappa shape index (κ3) is 4.08. The zero-order chi connectivity index (χ0) is 19.5. The highest BCUT2D eigenvalue weighted by Gasteiger charge is 2.40. The first-order valence-corrected chi connectivity index (χ1v) is 10.6. The van der Waals surface area contributed by atoms with Gasteiger partial charge < -0.3 is 14.5 Å². The monoisotopic (exact) mass is 385 g/mol. The number of benzene rings is 1. The number of hydrogen-bond donors (Lipinski definition) is 0. The average molecular weight is 386 g/mol. The van der Waals surface area contributed by atoms with E-state index < -0.39 is 0 Å². The highest BCUT2D eigenvalue weighted by molar-refractivity contribution is 5.89. The van der Waals surface area contributed by atoms with Crippen LogP contribution in [0.2, 0.25) is 0 Å². The summed E-state index contributed by atoms with van der Waals surface area (Å²) in [5.41, 5.74) is 2.49. The Hall–Kier alpha value is -1.92. The molecule has 0 N–H and O–H groups in total. The van der Waals surface area contributed by atoms with E-state index in [9.17, 15) is 9.59 Å². The molecule has 3 heterocycles. The summed E-state index contributed by atoms with van der Waals surface area (Å²) in [5.74, 6) is 0.0908. The van der Waals surface area contributed by atoms with E-state index >= 15 is 0 Å². The van der Waals surface area contributed by atoms with Gasteiger partial charge in [-0.25, -0.2) is 0 Å². The molecule has 3 fully saturated rings. The Morgan fingerprint density at radius 1 is 1.14 bits per heavy atom. The molecule has 3 aliphatic heterocycles. The number of carbonyl (C=O) groups excluding carboxylic acids is 2. The summed E-state index contributed by atoms with van der Waals surface area (Å²) in [6.07, 6.45) is 2.41. The van der Waals surface area contributed by atoms with Crippen LogP contribution in [0.15, 0.2) is 24.3 Å². The zero-order valence-corrected chi connectivity index (χ0v) is 16.8. The molecule has 152 valence electrons. The van der Waals surface area contributed by atoms with Gasteiger partial charge in [0.2, 0.25) is 11.8 Å². The molecule has 0 saturated carbocycles. The van der Waals surface area contributed by atoms with E-state index in [1.165, 1.54) is 11.1 Å². The first kappa shape index (κ1) is 19.4. The van der Waals surface area contributed by atoms with Gasteiger partial charge in [0.05, 0.1) is 25.2 Å². The summed E-state index contributed by atoms with van der Waals surface area (Å²) < 4.78 is 5.38. The molecule has 28 heavy (non-hydrogen) atoms. The van der Waals surface area contributed by atoms with Gasteiger partial charge in [0.15, 0.2) is 0 Å². The highest BCUT2D eigenvalue weighted by atomic mass is 16.5. The van der Waals surface area contributed by atoms with Crippen LogP contribution in [0.1, 0.15) is 36.4 Å². The van der Waals surface area contributed by atoms with Gasteiger partial charge in [-0.05, 0) is 30.9 Å². The number of ether oxygens (including phenoxy) is 1. The SMILES string of the molecule is Cc1ccccc1C1CCCN1C(=O)C1CC(=O)N(CCN2CCOCC2)C1. The van der Waals surface area contributed by atoms with Gasteiger partial charge in [-0.1, -0.05) is 24.3 Å². The van der Waals surface area contributed by atoms with E-state index in [-0.39, 0.29) is 23.8 Å². The topological polar surface area (TPSA) is 53.1 Å². The van der Waals surface area contributed by atoms with E-state index in [4.69, 9.17) is 4.74 Å². The van der Waals surface area contributed by atoms with Gasteiger partial charge >= 0.3 is 0 Å². The number of likely N-dealkylation sites (tertiary alicyclic amines) is 2. The highest BCUT2D eigenvalue weighted by Crippen LogP contribution is 2.35. The van der Waals surface area contributed by atoms with Crippen molar-refractivity contribution in [1.29, 1.82) is 0 Å². The Kier molecular flexibility index (Phi) is 5.97. The maximum absolute atomic E-state index is 13.3. The maximum atomic E-state index is 13.3. The second-order valence-corrected chi connectivity index (χ2v) is 8.24. The van der Waals surface area contributed by atoms with Crippen LogP contribution in [0, 0.1) is 12.8 Å². The summed E-state index contributed by atoms with van der Waals surface area (Å²) in [5, 5.41) is 0. The van der Waals surface area contributed by atoms with Crippen LogP contribution < -0.4 is 0 Å². The molecule has 4 rings (SSSR count). The normalized spacial score (nSPS) is 26.2. The van der Waals surface area contributed by atoms with Crippen molar-refractivity contribution in [2.45, 2.75) is 32.2 Å². The number of morpholine rings is 1. The number of rotatable bonds is 5. The fourth-order valence-electron chi connectivity index (χ4n) is 4.79. The Morgan fingerprint density at radius 2 is 1.93 bits per heavy atom. The van der Waals surface area contributed by atoms with Crippen LogP contribution in [0.5, 0.6) is 0 Å². The van der Waals surface area contributed by atoms with Crippen molar-refractivity contribution in [2.24, 2.45) is 5.92 Å². The van der Waals surface area contributed by atoms with E-state index in [1.807, 2.05) is 15.9 Å². The minimum absolute atomic E-state index is 0.123. The van der Waals surface area contributed by atoms with Crippen LogP contribution in [0.4, 0.5) is 0 Å². The molecule has 1 aromatic carbocycles. The van der Waals surface area contributed by atoms with Crippen molar-refractivity contribution >= 4 is 11.8 Å². The van der Waals surface area contributed by atoms with Crippen LogP contribution in [0.3, 0.4) is 0 Å². The summed E-state index contributed by atoms with van der Waals surface area (Å²) in [6.45, 7) is 8.45. The fourth-order valence-corrected chi connectivity index (χ4v) is 4.79. The van der Waals surface area contributed by atoms with Gasteiger partial charge in [-0.3, -0.25) is 14.5 Å². The molecule has 3 saturated heterocycles. The standard InChI is InChI=1S/C22H31N3O3/c1-17-5-2-3-6-19(17)20-7-4-8-25(20)22(27)18-15-21(26)24(16-18)10-9-23-11-13-28-14-12-23/h2-3,5-6,18,20H,4,7-16H2,1H3. The Bertz CT molecular complexity index is 717. The predicted molar refractivity (Wildman–Crippen MR) is 107 cm³/mol. The molecule has 0 radical (unpaired) electrons. The van der Waals surface area contributed by atoms with Crippen molar-refractivity contribution in [2.75, 3.05) is 52.5 Å². The molecule has 6 nitrogen and oxygen atoms in total. The van der Waals surface area contributed by atoms with Crippen molar-refractivity contribution in [3.63, 3.8) is 0 Å². The molecule has 2 unspecified atom stereocenters. The van der Waals surface area contributed by atoms with Gasteiger partial charge in [0, 0.05) is 45.7 Å². The summed E-state index contributed by atoms with van der Waals surface area (Å²) in [7, 11) is 0. The summed E-state index contributed by atoms with van der Waals surface area (Å²) >= 11 is 0. The lowest BCUT2D eigenvalue weighted by Gasteiger charge is -2.29. The molecule has 2 amide bonds. The summed E-state index contributed by atoms with van der Waals surface area (Å²) in [4.78, 5) is 32.0. The first-order valence-electron chi connectivity index (χ1n) is 10.6. The second-order valence-electron chi connectivity index (χ2n) is 8.24. The van der Waals surface area contributed by atoms with Crippen molar-refractivity contribution in [3.8, 4) is 0 Å². The van der Waals surface area contributed by atoms with Gasteiger partial charge in [0.25, 0.3) is 0 Å². The second kappa shape index (κ2) is 8.62. The van der Waals surface area contributed by atoms with Crippen LogP contribution >= 0.6 is 0 Å². The number of nitrogens with zero attached hydrogens (tertiary/aromatic N) is 3. The quantitative estimate of drug-likeness (QED) is 0.776. The molecular weight excluding hydrogens is 354 g/mol.